The van der Waals surface area contributed by atoms with Gasteiger partial charge in [0, 0.05) is 40.5 Å². The van der Waals surface area contributed by atoms with E-state index in [4.69, 9.17) is 33.2 Å². The highest BCUT2D eigenvalue weighted by Crippen LogP contribution is 2.69. The van der Waals surface area contributed by atoms with Crippen LogP contribution in [0.5, 0.6) is 0 Å². The molecule has 3 aliphatic carbocycles. The number of fused-ring (bicyclic) bond motifs is 4. The molecule has 1 aliphatic heterocycles. The molecule has 0 aromatic heterocycles. The van der Waals surface area contributed by atoms with Crippen LogP contribution in [-0.4, -0.2) is 95.4 Å². The minimum atomic E-state index is -1.92. The number of esters is 6. The lowest BCUT2D eigenvalue weighted by molar-refractivity contribution is -0.352. The number of benzene rings is 2. The summed E-state index contributed by atoms with van der Waals surface area (Å²) in [5, 5.41) is 12.7. The van der Waals surface area contributed by atoms with Gasteiger partial charge in [-0.3, -0.25) is 19.2 Å². The summed E-state index contributed by atoms with van der Waals surface area (Å²) in [6, 6.07) is 16.1. The van der Waals surface area contributed by atoms with E-state index in [0.717, 1.165) is 0 Å². The number of ether oxygens (including phenoxy) is 7. The largest absolute Gasteiger partial charge is 0.462 e. The maximum absolute atomic E-state index is 14.4. The molecule has 0 amide bonds. The van der Waals surface area contributed by atoms with E-state index in [-0.39, 0.29) is 36.1 Å². The van der Waals surface area contributed by atoms with E-state index in [1.54, 1.807) is 50.2 Å². The van der Waals surface area contributed by atoms with E-state index in [1.807, 2.05) is 0 Å². The first kappa shape index (κ1) is 40.6. The Morgan fingerprint density at radius 1 is 0.732 bits per heavy atom. The van der Waals surface area contributed by atoms with Crippen LogP contribution in [0.4, 0.5) is 0 Å². The quantitative estimate of drug-likeness (QED) is 0.214. The monoisotopic (exact) mass is 776 g/mol. The summed E-state index contributed by atoms with van der Waals surface area (Å²) >= 11 is 0. The second-order valence-electron chi connectivity index (χ2n) is 15.9. The van der Waals surface area contributed by atoms with Gasteiger partial charge in [0.15, 0.2) is 17.8 Å². The van der Waals surface area contributed by atoms with Crippen molar-refractivity contribution < 1.29 is 67.0 Å². The third-order valence-corrected chi connectivity index (χ3v) is 12.1. The van der Waals surface area contributed by atoms with Crippen LogP contribution in [0.1, 0.15) is 88.9 Å². The minimum absolute atomic E-state index is 0.0744. The van der Waals surface area contributed by atoms with Crippen LogP contribution in [0.3, 0.4) is 0 Å². The molecule has 300 valence electrons. The summed E-state index contributed by atoms with van der Waals surface area (Å²) in [6.07, 6.45) is -8.25. The van der Waals surface area contributed by atoms with Crippen LogP contribution in [0.15, 0.2) is 71.8 Å². The summed E-state index contributed by atoms with van der Waals surface area (Å²) in [5.41, 5.74) is -6.37. The van der Waals surface area contributed by atoms with Gasteiger partial charge in [0.1, 0.15) is 24.4 Å². The Bertz CT molecular complexity index is 1930. The SMILES string of the molecule is CC(=O)O[C@H]1C[C@]2(C(C)(C)O)C(=C1C)[C@@H](OC(=O)c1ccccc1)[C@H](OC(=O)c1ccccc1)[C@]1(C)[C@@H](OC(C)=O)C[C@H]3OC[C@@]3(OC(C)=O)[C@H]1[C@@H]2OC(C)=O. The van der Waals surface area contributed by atoms with Crippen molar-refractivity contribution in [2.45, 2.75) is 116 Å². The standard InChI is InChI=1S/C42H48O14/c1-22-29(51-23(2)43)20-41(39(6,7)49)32(22)33(54-37(47)27-15-11-9-12-16-27)35(55-38(48)28-17-13-10-14-18-28)40(8)30(52-24(3)44)19-31-42(21-50-31,56-26(5)46)34(40)36(41)53-25(4)45/h9-18,29-31,33-36,49H,19-21H2,1-8H3/t29-,30-,31+,33+,34-,35-,36-,40+,41-,42-/m0/s1. The van der Waals surface area contributed by atoms with E-state index in [2.05, 4.69) is 0 Å². The van der Waals surface area contributed by atoms with Crippen molar-refractivity contribution in [1.29, 1.82) is 0 Å². The highest BCUT2D eigenvalue weighted by Gasteiger charge is 2.81. The van der Waals surface area contributed by atoms with Gasteiger partial charge in [-0.25, -0.2) is 9.59 Å². The zero-order chi connectivity index (χ0) is 41.0. The van der Waals surface area contributed by atoms with Crippen molar-refractivity contribution in [3.05, 3.63) is 82.9 Å². The molecule has 1 saturated heterocycles. The van der Waals surface area contributed by atoms with Crippen molar-refractivity contribution in [2.24, 2.45) is 16.7 Å². The van der Waals surface area contributed by atoms with Crippen LogP contribution >= 0.6 is 0 Å². The summed E-state index contributed by atoms with van der Waals surface area (Å²) in [4.78, 5) is 81.1. The summed E-state index contributed by atoms with van der Waals surface area (Å²) in [7, 11) is 0. The fraction of sp³-hybridized carbons (Fsp3) is 0.524. The fourth-order valence-corrected chi connectivity index (χ4v) is 9.86. The van der Waals surface area contributed by atoms with E-state index >= 15 is 0 Å². The summed E-state index contributed by atoms with van der Waals surface area (Å²) in [5.74, 6) is -5.88. The Hall–Kier alpha value is -5.08. The number of carbonyl (C=O) groups excluding carboxylic acids is 6. The first-order valence-corrected chi connectivity index (χ1v) is 18.6. The maximum atomic E-state index is 14.4. The number of hydrogen-bond donors (Lipinski definition) is 1. The number of carbonyl (C=O) groups is 6. The van der Waals surface area contributed by atoms with Crippen LogP contribution in [-0.2, 0) is 52.3 Å². The fourth-order valence-electron chi connectivity index (χ4n) is 9.86. The number of hydrogen-bond acceptors (Lipinski definition) is 14. The molecule has 4 aliphatic rings. The number of rotatable bonds is 9. The average Bonchev–Trinajstić information content (AvgIpc) is 3.37. The van der Waals surface area contributed by atoms with Gasteiger partial charge in [0.05, 0.1) is 40.1 Å². The van der Waals surface area contributed by atoms with Crippen LogP contribution in [0.2, 0.25) is 0 Å². The Balaban J connectivity index is 1.77. The molecule has 2 aromatic carbocycles. The summed E-state index contributed by atoms with van der Waals surface area (Å²) in [6.45, 7) is 10.8. The van der Waals surface area contributed by atoms with Crippen LogP contribution in [0, 0.1) is 16.7 Å². The molecule has 0 unspecified atom stereocenters. The first-order valence-electron chi connectivity index (χ1n) is 18.6. The molecule has 6 rings (SSSR count). The molecule has 1 N–H and O–H groups in total. The second kappa shape index (κ2) is 14.8. The normalized spacial score (nSPS) is 33.2. The van der Waals surface area contributed by atoms with Crippen molar-refractivity contribution in [3.63, 3.8) is 0 Å². The third-order valence-electron chi connectivity index (χ3n) is 12.1. The van der Waals surface area contributed by atoms with Crippen LogP contribution < -0.4 is 0 Å². The van der Waals surface area contributed by atoms with Gasteiger partial charge in [0.2, 0.25) is 0 Å². The Morgan fingerprint density at radius 2 is 1.27 bits per heavy atom. The number of aliphatic hydroxyl groups is 1. The lowest BCUT2D eigenvalue weighted by Gasteiger charge is -2.65. The predicted molar refractivity (Wildman–Crippen MR) is 194 cm³/mol. The predicted octanol–water partition coefficient (Wildman–Crippen LogP) is 4.45. The van der Waals surface area contributed by atoms with Gasteiger partial charge >= 0.3 is 35.8 Å². The third kappa shape index (κ3) is 6.66. The molecule has 2 saturated carbocycles. The Morgan fingerprint density at radius 3 is 1.73 bits per heavy atom. The van der Waals surface area contributed by atoms with Crippen molar-refractivity contribution in [3.8, 4) is 0 Å². The van der Waals surface area contributed by atoms with E-state index in [1.165, 1.54) is 65.8 Å². The molecule has 14 heteroatoms. The van der Waals surface area contributed by atoms with Crippen molar-refractivity contribution in [2.75, 3.05) is 6.61 Å². The molecule has 2 aromatic rings. The van der Waals surface area contributed by atoms with Crippen molar-refractivity contribution in [1.82, 2.24) is 0 Å². The molecule has 10 atom stereocenters. The van der Waals surface area contributed by atoms with Gasteiger partial charge in [0.25, 0.3) is 0 Å². The van der Waals surface area contributed by atoms with E-state index in [0.29, 0.717) is 5.57 Å². The molecular weight excluding hydrogens is 728 g/mol. The molecule has 1 heterocycles. The highest BCUT2D eigenvalue weighted by molar-refractivity contribution is 5.90. The molecular formula is C42H48O14. The molecule has 0 bridgehead atoms. The average molecular weight is 777 g/mol. The molecule has 0 radical (unpaired) electrons. The van der Waals surface area contributed by atoms with E-state index < -0.39 is 100 Å². The van der Waals surface area contributed by atoms with Gasteiger partial charge in [-0.05, 0) is 56.2 Å². The maximum Gasteiger partial charge on any atom is 0.338 e. The van der Waals surface area contributed by atoms with E-state index in [9.17, 15) is 33.9 Å². The lowest BCUT2D eigenvalue weighted by Crippen LogP contribution is -2.79. The highest BCUT2D eigenvalue weighted by atomic mass is 16.6. The van der Waals surface area contributed by atoms with Gasteiger partial charge in [-0.15, -0.1) is 0 Å². The topological polar surface area (TPSA) is 187 Å². The Labute approximate surface area is 324 Å². The smallest absolute Gasteiger partial charge is 0.338 e. The van der Waals surface area contributed by atoms with Gasteiger partial charge in [-0.2, -0.15) is 0 Å². The molecule has 14 nitrogen and oxygen atoms in total. The second-order valence-corrected chi connectivity index (χ2v) is 15.9. The van der Waals surface area contributed by atoms with Crippen LogP contribution in [0.25, 0.3) is 0 Å². The zero-order valence-electron chi connectivity index (χ0n) is 32.7. The molecule has 0 spiro atoms. The Kier molecular flexibility index (Phi) is 10.7. The first-order chi connectivity index (χ1) is 26.3. The lowest BCUT2D eigenvalue weighted by atomic mass is 9.49. The molecule has 3 fully saturated rings. The van der Waals surface area contributed by atoms with Crippen molar-refractivity contribution >= 4 is 35.8 Å². The molecule has 56 heavy (non-hydrogen) atoms. The van der Waals surface area contributed by atoms with Gasteiger partial charge < -0.3 is 38.3 Å². The van der Waals surface area contributed by atoms with Gasteiger partial charge in [-0.1, -0.05) is 43.3 Å². The minimum Gasteiger partial charge on any atom is -0.462 e. The zero-order valence-corrected chi connectivity index (χ0v) is 32.7. The summed E-state index contributed by atoms with van der Waals surface area (Å²) < 4.78 is 43.8.